The Morgan fingerprint density at radius 1 is 0.952 bits per heavy atom. The normalized spacial score (nSPS) is 26.5. The van der Waals surface area contributed by atoms with Gasteiger partial charge in [-0.3, -0.25) is 9.59 Å². The topological polar surface area (TPSA) is 78.4 Å². The van der Waals surface area contributed by atoms with Crippen LogP contribution in [0, 0.1) is 5.92 Å². The third kappa shape index (κ3) is 5.65. The van der Waals surface area contributed by atoms with Gasteiger partial charge in [-0.1, -0.05) is 38.5 Å². The Morgan fingerprint density at radius 2 is 1.62 bits per heavy atom. The number of nitrogens with one attached hydrogen (secondary N) is 2. The number of carbonyl (C=O) groups excluding carboxylic acids is 2. The molecule has 0 aromatic heterocycles. The molecule has 0 radical (unpaired) electrons. The van der Waals surface area contributed by atoms with Gasteiger partial charge in [0, 0.05) is 6.42 Å². The van der Waals surface area contributed by atoms with Crippen LogP contribution in [0.15, 0.2) is 0 Å². The van der Waals surface area contributed by atoms with Crippen molar-refractivity contribution >= 4 is 11.8 Å². The van der Waals surface area contributed by atoms with Crippen molar-refractivity contribution in [3.8, 4) is 0 Å². The molecule has 0 bridgehead atoms. The quantitative estimate of drug-likeness (QED) is 0.695. The van der Waals surface area contributed by atoms with Crippen molar-refractivity contribution in [2.45, 2.75) is 76.4 Å². The van der Waals surface area contributed by atoms with Crippen molar-refractivity contribution in [1.82, 2.24) is 10.6 Å². The van der Waals surface area contributed by atoms with Crippen LogP contribution in [-0.4, -0.2) is 35.6 Å². The van der Waals surface area contributed by atoms with Crippen LogP contribution in [0.3, 0.4) is 0 Å². The molecular formula is C16H28N2O3. The van der Waals surface area contributed by atoms with E-state index < -0.39 is 6.10 Å². The summed E-state index contributed by atoms with van der Waals surface area (Å²) < 4.78 is 0. The molecule has 2 rings (SSSR count). The first-order valence-corrected chi connectivity index (χ1v) is 8.39. The molecule has 2 aliphatic carbocycles. The second-order valence-corrected chi connectivity index (χ2v) is 6.49. The highest BCUT2D eigenvalue weighted by atomic mass is 16.3. The minimum Gasteiger partial charge on any atom is -0.391 e. The molecule has 2 unspecified atom stereocenters. The van der Waals surface area contributed by atoms with E-state index in [1.807, 2.05) is 0 Å². The molecular weight excluding hydrogens is 268 g/mol. The Morgan fingerprint density at radius 3 is 2.33 bits per heavy atom. The van der Waals surface area contributed by atoms with Crippen molar-refractivity contribution in [1.29, 1.82) is 0 Å². The zero-order valence-corrected chi connectivity index (χ0v) is 12.8. The van der Waals surface area contributed by atoms with Crippen LogP contribution in [0.1, 0.15) is 64.2 Å². The molecule has 3 N–H and O–H groups in total. The molecule has 5 nitrogen and oxygen atoms in total. The minimum absolute atomic E-state index is 0.0206. The van der Waals surface area contributed by atoms with E-state index in [-0.39, 0.29) is 24.4 Å². The molecule has 2 fully saturated rings. The lowest BCUT2D eigenvalue weighted by atomic mass is 9.92. The SMILES string of the molecule is O=C(CCC1CCCC1)NCC(=O)NC1CCCCC1O. The first-order chi connectivity index (χ1) is 10.1. The van der Waals surface area contributed by atoms with E-state index in [1.165, 1.54) is 25.7 Å². The average molecular weight is 296 g/mol. The second kappa shape index (κ2) is 8.37. The van der Waals surface area contributed by atoms with E-state index in [4.69, 9.17) is 0 Å². The van der Waals surface area contributed by atoms with Crippen LogP contribution in [0.5, 0.6) is 0 Å². The van der Waals surface area contributed by atoms with Crippen LogP contribution in [0.2, 0.25) is 0 Å². The maximum absolute atomic E-state index is 11.8. The van der Waals surface area contributed by atoms with Gasteiger partial charge in [0.15, 0.2) is 0 Å². The third-order valence-electron chi connectivity index (χ3n) is 4.78. The van der Waals surface area contributed by atoms with Crippen LogP contribution >= 0.6 is 0 Å². The number of amides is 2. The minimum atomic E-state index is -0.444. The van der Waals surface area contributed by atoms with Gasteiger partial charge in [0.1, 0.15) is 0 Å². The highest BCUT2D eigenvalue weighted by molar-refractivity contribution is 5.84. The third-order valence-corrected chi connectivity index (χ3v) is 4.78. The lowest BCUT2D eigenvalue weighted by Gasteiger charge is -2.28. The summed E-state index contributed by atoms with van der Waals surface area (Å²) in [4.78, 5) is 23.5. The molecule has 0 aromatic carbocycles. The summed E-state index contributed by atoms with van der Waals surface area (Å²) in [5.41, 5.74) is 0. The average Bonchev–Trinajstić information content (AvgIpc) is 2.99. The molecule has 0 saturated heterocycles. The van der Waals surface area contributed by atoms with Crippen molar-refractivity contribution in [3.63, 3.8) is 0 Å². The van der Waals surface area contributed by atoms with Crippen LogP contribution in [0.4, 0.5) is 0 Å². The van der Waals surface area contributed by atoms with Crippen molar-refractivity contribution in [2.24, 2.45) is 5.92 Å². The summed E-state index contributed by atoms with van der Waals surface area (Å²) in [6.45, 7) is 0.0206. The number of rotatable bonds is 6. The fourth-order valence-electron chi connectivity index (χ4n) is 3.44. The van der Waals surface area contributed by atoms with Gasteiger partial charge in [0.2, 0.25) is 11.8 Å². The number of aliphatic hydroxyl groups is 1. The molecule has 2 aliphatic rings. The fourth-order valence-corrected chi connectivity index (χ4v) is 3.44. The number of hydrogen-bond donors (Lipinski definition) is 3. The van der Waals surface area contributed by atoms with Crippen LogP contribution in [0.25, 0.3) is 0 Å². The van der Waals surface area contributed by atoms with Gasteiger partial charge in [-0.25, -0.2) is 0 Å². The monoisotopic (exact) mass is 296 g/mol. The Kier molecular flexibility index (Phi) is 6.49. The highest BCUT2D eigenvalue weighted by Gasteiger charge is 2.24. The first-order valence-electron chi connectivity index (χ1n) is 8.39. The lowest BCUT2D eigenvalue weighted by molar-refractivity contribution is -0.127. The van der Waals surface area contributed by atoms with Gasteiger partial charge in [0.25, 0.3) is 0 Å². The zero-order chi connectivity index (χ0) is 15.1. The van der Waals surface area contributed by atoms with Gasteiger partial charge in [-0.2, -0.15) is 0 Å². The van der Waals surface area contributed by atoms with Crippen LogP contribution in [-0.2, 0) is 9.59 Å². The van der Waals surface area contributed by atoms with E-state index >= 15 is 0 Å². The lowest BCUT2D eigenvalue weighted by Crippen LogP contribution is -2.48. The summed E-state index contributed by atoms with van der Waals surface area (Å²) in [6.07, 6.45) is 9.71. The predicted molar refractivity (Wildman–Crippen MR) is 80.6 cm³/mol. The molecule has 2 atom stereocenters. The van der Waals surface area contributed by atoms with Gasteiger partial charge in [-0.15, -0.1) is 0 Å². The first kappa shape index (κ1) is 16.3. The predicted octanol–water partition coefficient (Wildman–Crippen LogP) is 1.49. The summed E-state index contributed by atoms with van der Waals surface area (Å²) in [5, 5.41) is 15.3. The molecule has 120 valence electrons. The standard InChI is InChI=1S/C16H28N2O3/c19-14-8-4-3-7-13(14)18-16(21)11-17-15(20)10-9-12-5-1-2-6-12/h12-14,19H,1-11H2,(H,17,20)(H,18,21). The Bertz CT molecular complexity index is 353. The molecule has 2 saturated carbocycles. The maximum atomic E-state index is 11.8. The van der Waals surface area contributed by atoms with Crippen molar-refractivity contribution in [3.05, 3.63) is 0 Å². The largest absolute Gasteiger partial charge is 0.391 e. The number of aliphatic hydroxyl groups excluding tert-OH is 1. The van der Waals surface area contributed by atoms with Gasteiger partial charge >= 0.3 is 0 Å². The Hall–Kier alpha value is -1.10. The number of carbonyl (C=O) groups is 2. The molecule has 0 aromatic rings. The van der Waals surface area contributed by atoms with E-state index in [2.05, 4.69) is 10.6 Å². The Balaban J connectivity index is 1.58. The summed E-state index contributed by atoms with van der Waals surface area (Å²) in [6, 6.07) is -0.151. The maximum Gasteiger partial charge on any atom is 0.239 e. The number of hydrogen-bond acceptors (Lipinski definition) is 3. The van der Waals surface area contributed by atoms with Crippen molar-refractivity contribution < 1.29 is 14.7 Å². The van der Waals surface area contributed by atoms with E-state index in [0.29, 0.717) is 12.3 Å². The van der Waals surface area contributed by atoms with E-state index in [1.54, 1.807) is 0 Å². The second-order valence-electron chi connectivity index (χ2n) is 6.49. The highest BCUT2D eigenvalue weighted by Crippen LogP contribution is 2.28. The van der Waals surface area contributed by atoms with Crippen molar-refractivity contribution in [2.75, 3.05) is 6.54 Å². The van der Waals surface area contributed by atoms with E-state index in [0.717, 1.165) is 32.1 Å². The van der Waals surface area contributed by atoms with Gasteiger partial charge in [0.05, 0.1) is 18.7 Å². The molecule has 0 aliphatic heterocycles. The molecule has 0 heterocycles. The molecule has 21 heavy (non-hydrogen) atoms. The van der Waals surface area contributed by atoms with Gasteiger partial charge < -0.3 is 15.7 Å². The Labute approximate surface area is 126 Å². The summed E-state index contributed by atoms with van der Waals surface area (Å²) in [7, 11) is 0. The molecule has 5 heteroatoms. The molecule has 0 spiro atoms. The molecule has 2 amide bonds. The summed E-state index contributed by atoms with van der Waals surface area (Å²) >= 11 is 0. The summed E-state index contributed by atoms with van der Waals surface area (Å²) in [5.74, 6) is 0.457. The zero-order valence-electron chi connectivity index (χ0n) is 12.8. The fraction of sp³-hybridized carbons (Fsp3) is 0.875. The van der Waals surface area contributed by atoms with Crippen LogP contribution < -0.4 is 10.6 Å². The van der Waals surface area contributed by atoms with E-state index in [9.17, 15) is 14.7 Å². The van der Waals surface area contributed by atoms with Gasteiger partial charge in [-0.05, 0) is 25.2 Å². The smallest absolute Gasteiger partial charge is 0.239 e.